The molecule has 0 aliphatic carbocycles. The summed E-state index contributed by atoms with van der Waals surface area (Å²) in [6.45, 7) is 7.91. The van der Waals surface area contributed by atoms with E-state index in [0.717, 1.165) is 79.3 Å². The molecule has 0 bridgehead atoms. The van der Waals surface area contributed by atoms with Gasteiger partial charge in [-0.15, -0.1) is 0 Å². The summed E-state index contributed by atoms with van der Waals surface area (Å²) in [6.07, 6.45) is 17.4. The molecule has 5 heteroatoms. The second-order valence-electron chi connectivity index (χ2n) is 9.57. The number of amides is 1. The predicted molar refractivity (Wildman–Crippen MR) is 140 cm³/mol. The number of methoxy groups -OCH3 is 1. The molecule has 4 heterocycles. The normalized spacial score (nSPS) is 22.5. The number of rotatable bonds is 6. The molecule has 182 valence electrons. The van der Waals surface area contributed by atoms with Gasteiger partial charge in [0.1, 0.15) is 5.75 Å². The van der Waals surface area contributed by atoms with E-state index < -0.39 is 0 Å². The lowest BCUT2D eigenvalue weighted by atomic mass is 9.93. The van der Waals surface area contributed by atoms with Crippen LogP contribution in [-0.2, 0) is 16.0 Å². The molecule has 1 fully saturated rings. The highest BCUT2D eigenvalue weighted by Gasteiger charge is 2.29. The van der Waals surface area contributed by atoms with Gasteiger partial charge in [-0.05, 0) is 77.5 Å². The first-order valence-corrected chi connectivity index (χ1v) is 12.6. The maximum Gasteiger partial charge on any atom is 0.255 e. The number of hydrogen-bond acceptors (Lipinski definition) is 4. The number of nitrogens with zero attached hydrogens (tertiary/aromatic N) is 2. The highest BCUT2D eigenvalue weighted by Crippen LogP contribution is 2.33. The number of fused-ring (bicyclic) bond motifs is 1. The van der Waals surface area contributed by atoms with E-state index in [2.05, 4.69) is 37.0 Å². The SMILES string of the molecule is CCCc1cc(C2=CC(=O)N3C=C(C4=CCN(C5COC5)CC4)C=C(C)/C3=C\C=C2)ccc1OC. The Hall–Kier alpha value is -3.15. The van der Waals surface area contributed by atoms with Crippen molar-refractivity contribution in [3.8, 4) is 5.75 Å². The van der Waals surface area contributed by atoms with Gasteiger partial charge in [-0.3, -0.25) is 14.6 Å². The molecule has 4 aliphatic rings. The Bertz CT molecular complexity index is 1190. The first-order chi connectivity index (χ1) is 17.1. The summed E-state index contributed by atoms with van der Waals surface area (Å²) in [5.41, 5.74) is 7.57. The molecule has 0 spiro atoms. The zero-order chi connectivity index (χ0) is 24.4. The summed E-state index contributed by atoms with van der Waals surface area (Å²) < 4.78 is 10.9. The Kier molecular flexibility index (Phi) is 6.89. The van der Waals surface area contributed by atoms with Gasteiger partial charge in [-0.25, -0.2) is 0 Å². The molecule has 1 aromatic rings. The zero-order valence-electron chi connectivity index (χ0n) is 20.9. The summed E-state index contributed by atoms with van der Waals surface area (Å²) in [4.78, 5) is 17.8. The average Bonchev–Trinajstić information content (AvgIpc) is 2.82. The summed E-state index contributed by atoms with van der Waals surface area (Å²) in [6, 6.07) is 6.73. The Labute approximate surface area is 208 Å². The zero-order valence-corrected chi connectivity index (χ0v) is 20.9. The Morgan fingerprint density at radius 2 is 2.03 bits per heavy atom. The fourth-order valence-electron chi connectivity index (χ4n) is 5.12. The molecule has 1 amide bonds. The van der Waals surface area contributed by atoms with Crippen molar-refractivity contribution in [3.05, 3.63) is 94.4 Å². The molecule has 5 nitrogen and oxygen atoms in total. The van der Waals surface area contributed by atoms with Crippen LogP contribution in [0.25, 0.3) is 5.57 Å². The van der Waals surface area contributed by atoms with Gasteiger partial charge in [0.25, 0.3) is 5.91 Å². The fraction of sp³-hybridized carbons (Fsp3) is 0.367. The van der Waals surface area contributed by atoms with E-state index in [9.17, 15) is 4.79 Å². The highest BCUT2D eigenvalue weighted by molar-refractivity contribution is 6.00. The fourth-order valence-corrected chi connectivity index (χ4v) is 5.12. The molecular weight excluding hydrogens is 436 g/mol. The number of hydrogen-bond donors (Lipinski definition) is 0. The smallest absolute Gasteiger partial charge is 0.255 e. The highest BCUT2D eigenvalue weighted by atomic mass is 16.5. The summed E-state index contributed by atoms with van der Waals surface area (Å²) in [7, 11) is 1.70. The Balaban J connectivity index is 1.42. The monoisotopic (exact) mass is 470 g/mol. The number of carbonyl (C=O) groups excluding carboxylic acids is 1. The molecule has 0 N–H and O–H groups in total. The maximum absolute atomic E-state index is 13.5. The maximum atomic E-state index is 13.5. The third-order valence-corrected chi connectivity index (χ3v) is 7.23. The minimum atomic E-state index is -0.0296. The largest absolute Gasteiger partial charge is 0.496 e. The minimum Gasteiger partial charge on any atom is -0.496 e. The van der Waals surface area contributed by atoms with E-state index in [-0.39, 0.29) is 5.91 Å². The van der Waals surface area contributed by atoms with E-state index >= 15 is 0 Å². The summed E-state index contributed by atoms with van der Waals surface area (Å²) in [5.74, 6) is 0.867. The van der Waals surface area contributed by atoms with Gasteiger partial charge in [-0.1, -0.05) is 37.6 Å². The van der Waals surface area contributed by atoms with Crippen molar-refractivity contribution in [3.63, 3.8) is 0 Å². The molecule has 0 aromatic heterocycles. The van der Waals surface area contributed by atoms with E-state index in [1.165, 1.54) is 11.1 Å². The molecule has 5 rings (SSSR count). The number of benzene rings is 1. The van der Waals surface area contributed by atoms with Crippen molar-refractivity contribution >= 4 is 11.5 Å². The molecule has 35 heavy (non-hydrogen) atoms. The van der Waals surface area contributed by atoms with Crippen LogP contribution in [0, 0.1) is 0 Å². The molecule has 0 radical (unpaired) electrons. The van der Waals surface area contributed by atoms with Gasteiger partial charge in [0.05, 0.1) is 32.1 Å². The molecule has 1 aromatic carbocycles. The van der Waals surface area contributed by atoms with Gasteiger partial charge in [0, 0.05) is 25.4 Å². The number of ether oxygens (including phenoxy) is 2. The van der Waals surface area contributed by atoms with Crippen molar-refractivity contribution in [2.75, 3.05) is 33.4 Å². The van der Waals surface area contributed by atoms with Crippen LogP contribution in [0.1, 0.15) is 37.8 Å². The van der Waals surface area contributed by atoms with Crippen molar-refractivity contribution in [2.45, 2.75) is 39.2 Å². The van der Waals surface area contributed by atoms with Gasteiger partial charge in [0.15, 0.2) is 0 Å². The lowest BCUT2D eigenvalue weighted by Gasteiger charge is -2.39. The first kappa shape index (κ1) is 23.6. The molecular formula is C30H34N2O3. The minimum absolute atomic E-state index is 0.0296. The standard InChI is InChI=1S/C30H34N2O3/c1-4-6-25-16-24(9-10-29(25)34-3)23-7-5-8-28-21(2)15-26(18-32(28)30(33)17-23)22-11-13-31(14-12-22)27-19-35-20-27/h5,7-11,15-18,27H,4,6,12-14,19-20H2,1-3H3/b7-5?,23-17?,28-8+. The van der Waals surface area contributed by atoms with Gasteiger partial charge < -0.3 is 9.47 Å². The van der Waals surface area contributed by atoms with Crippen LogP contribution in [0.3, 0.4) is 0 Å². The van der Waals surface area contributed by atoms with Gasteiger partial charge in [-0.2, -0.15) is 0 Å². The van der Waals surface area contributed by atoms with Gasteiger partial charge in [0.2, 0.25) is 0 Å². The summed E-state index contributed by atoms with van der Waals surface area (Å²) >= 11 is 0. The lowest BCUT2D eigenvalue weighted by Crippen LogP contribution is -2.50. The lowest BCUT2D eigenvalue weighted by molar-refractivity contribution is -0.122. The van der Waals surface area contributed by atoms with Crippen LogP contribution >= 0.6 is 0 Å². The van der Waals surface area contributed by atoms with E-state index in [1.54, 1.807) is 18.1 Å². The van der Waals surface area contributed by atoms with E-state index in [0.29, 0.717) is 6.04 Å². The number of allylic oxidation sites excluding steroid dienone is 7. The van der Waals surface area contributed by atoms with Crippen molar-refractivity contribution in [1.29, 1.82) is 0 Å². The molecule has 1 saturated heterocycles. The molecule has 0 atom stereocenters. The quantitative estimate of drug-likeness (QED) is 0.574. The molecule has 0 unspecified atom stereocenters. The topological polar surface area (TPSA) is 42.0 Å². The second kappa shape index (κ2) is 10.2. The van der Waals surface area contributed by atoms with Crippen molar-refractivity contribution in [2.24, 2.45) is 0 Å². The third kappa shape index (κ3) is 4.84. The molecule has 0 saturated carbocycles. The van der Waals surface area contributed by atoms with Crippen LogP contribution in [0.5, 0.6) is 5.75 Å². The van der Waals surface area contributed by atoms with E-state index in [1.807, 2.05) is 36.6 Å². The Morgan fingerprint density at radius 3 is 2.71 bits per heavy atom. The van der Waals surface area contributed by atoms with Crippen LogP contribution in [0.15, 0.2) is 83.3 Å². The van der Waals surface area contributed by atoms with Crippen LogP contribution in [0.4, 0.5) is 0 Å². The number of aryl methyl sites for hydroxylation is 1. The second-order valence-corrected chi connectivity index (χ2v) is 9.57. The molecule has 4 aliphatic heterocycles. The first-order valence-electron chi connectivity index (χ1n) is 12.6. The summed E-state index contributed by atoms with van der Waals surface area (Å²) in [5, 5.41) is 0. The number of carbonyl (C=O) groups is 1. The third-order valence-electron chi connectivity index (χ3n) is 7.23. The van der Waals surface area contributed by atoms with Crippen LogP contribution in [0.2, 0.25) is 0 Å². The Morgan fingerprint density at radius 1 is 1.17 bits per heavy atom. The van der Waals surface area contributed by atoms with Crippen LogP contribution < -0.4 is 4.74 Å². The van der Waals surface area contributed by atoms with Crippen molar-refractivity contribution in [1.82, 2.24) is 9.80 Å². The average molecular weight is 471 g/mol. The van der Waals surface area contributed by atoms with Gasteiger partial charge >= 0.3 is 0 Å². The van der Waals surface area contributed by atoms with Crippen molar-refractivity contribution < 1.29 is 14.3 Å². The van der Waals surface area contributed by atoms with E-state index in [4.69, 9.17) is 9.47 Å². The van der Waals surface area contributed by atoms with Crippen LogP contribution in [-0.4, -0.2) is 55.2 Å². The predicted octanol–water partition coefficient (Wildman–Crippen LogP) is 5.19.